The first-order chi connectivity index (χ1) is 9.82. The van der Waals surface area contributed by atoms with Crippen molar-refractivity contribution in [2.45, 2.75) is 24.3 Å². The van der Waals surface area contributed by atoms with Crippen molar-refractivity contribution in [2.24, 2.45) is 0 Å². The summed E-state index contributed by atoms with van der Waals surface area (Å²) in [6.07, 6.45) is 0. The van der Waals surface area contributed by atoms with E-state index in [1.807, 2.05) is 0 Å². The van der Waals surface area contributed by atoms with Crippen molar-refractivity contribution >= 4 is 23.6 Å². The second kappa shape index (κ2) is 6.01. The van der Waals surface area contributed by atoms with Crippen molar-refractivity contribution in [1.29, 1.82) is 0 Å². The van der Waals surface area contributed by atoms with Gasteiger partial charge in [0.1, 0.15) is 5.54 Å². The molecule has 1 N–H and O–H groups in total. The van der Waals surface area contributed by atoms with E-state index in [9.17, 15) is 18.4 Å². The van der Waals surface area contributed by atoms with Gasteiger partial charge >= 0.3 is 0 Å². The number of hydrogen-bond acceptors (Lipinski definition) is 3. The minimum absolute atomic E-state index is 0.0712. The van der Waals surface area contributed by atoms with Gasteiger partial charge in [0.05, 0.1) is 5.75 Å². The van der Waals surface area contributed by atoms with Crippen LogP contribution in [0.1, 0.15) is 13.8 Å². The summed E-state index contributed by atoms with van der Waals surface area (Å²) in [5.74, 6) is -2.18. The lowest BCUT2D eigenvalue weighted by atomic mass is 9.99. The van der Waals surface area contributed by atoms with Gasteiger partial charge in [-0.15, -0.1) is 11.8 Å². The van der Waals surface area contributed by atoms with Crippen LogP contribution in [0.5, 0.6) is 0 Å². The molecule has 1 aromatic carbocycles. The third-order valence-corrected chi connectivity index (χ3v) is 4.38. The van der Waals surface area contributed by atoms with E-state index in [4.69, 9.17) is 0 Å². The van der Waals surface area contributed by atoms with Crippen molar-refractivity contribution in [3.63, 3.8) is 0 Å². The molecule has 1 heterocycles. The van der Waals surface area contributed by atoms with Gasteiger partial charge in [-0.1, -0.05) is 0 Å². The summed E-state index contributed by atoms with van der Waals surface area (Å²) >= 11 is 1.12. The highest BCUT2D eigenvalue weighted by atomic mass is 32.2. The molecule has 2 amide bonds. The topological polar surface area (TPSA) is 49.4 Å². The molecule has 0 bridgehead atoms. The van der Waals surface area contributed by atoms with Crippen LogP contribution >= 0.6 is 11.8 Å². The molecule has 0 radical (unpaired) electrons. The highest BCUT2D eigenvalue weighted by Crippen LogP contribution is 2.23. The van der Waals surface area contributed by atoms with Gasteiger partial charge in [-0.25, -0.2) is 8.78 Å². The van der Waals surface area contributed by atoms with E-state index >= 15 is 0 Å². The molecule has 0 atom stereocenters. The zero-order valence-electron chi connectivity index (χ0n) is 11.8. The molecule has 4 nitrogen and oxygen atoms in total. The van der Waals surface area contributed by atoms with E-state index in [-0.39, 0.29) is 17.6 Å². The lowest BCUT2D eigenvalue weighted by Gasteiger charge is -2.41. The second-order valence-corrected chi connectivity index (χ2v) is 6.27. The fourth-order valence-electron chi connectivity index (χ4n) is 2.13. The third-order valence-electron chi connectivity index (χ3n) is 3.41. The van der Waals surface area contributed by atoms with Gasteiger partial charge in [0.15, 0.2) is 11.6 Å². The molecular weight excluding hydrogens is 298 g/mol. The Morgan fingerprint density at radius 3 is 2.76 bits per heavy atom. The monoisotopic (exact) mass is 314 g/mol. The van der Waals surface area contributed by atoms with Crippen LogP contribution in [0.4, 0.5) is 8.78 Å². The Kier molecular flexibility index (Phi) is 4.51. The van der Waals surface area contributed by atoms with Crippen LogP contribution in [0.15, 0.2) is 23.1 Å². The zero-order chi connectivity index (χ0) is 15.6. The predicted octanol–water partition coefficient (Wildman–Crippen LogP) is 1.79. The molecule has 1 aliphatic heterocycles. The van der Waals surface area contributed by atoms with Crippen LogP contribution in [0.25, 0.3) is 0 Å². The van der Waals surface area contributed by atoms with Gasteiger partial charge in [0.25, 0.3) is 0 Å². The lowest BCUT2D eigenvalue weighted by molar-refractivity contribution is -0.147. The maximum atomic E-state index is 13.1. The van der Waals surface area contributed by atoms with E-state index in [0.29, 0.717) is 18.0 Å². The van der Waals surface area contributed by atoms with E-state index in [1.54, 1.807) is 13.8 Å². The van der Waals surface area contributed by atoms with Crippen molar-refractivity contribution < 1.29 is 18.4 Å². The fourth-order valence-corrected chi connectivity index (χ4v) is 2.92. The number of halogens is 2. The number of piperazine rings is 1. The number of nitrogens with one attached hydrogen (secondary N) is 1. The fraction of sp³-hybridized carbons (Fsp3) is 0.429. The molecule has 1 aliphatic rings. The van der Waals surface area contributed by atoms with Crippen molar-refractivity contribution in [1.82, 2.24) is 10.2 Å². The second-order valence-electron chi connectivity index (χ2n) is 5.22. The van der Waals surface area contributed by atoms with Crippen LogP contribution in [0.2, 0.25) is 0 Å². The van der Waals surface area contributed by atoms with Crippen LogP contribution in [-0.2, 0) is 9.59 Å². The summed E-state index contributed by atoms with van der Waals surface area (Å²) in [4.78, 5) is 26.0. The normalized spacial score (nSPS) is 17.5. The molecule has 0 aromatic heterocycles. The third kappa shape index (κ3) is 3.34. The lowest BCUT2D eigenvalue weighted by Crippen LogP contribution is -2.63. The van der Waals surface area contributed by atoms with Gasteiger partial charge in [-0.3, -0.25) is 9.59 Å². The Balaban J connectivity index is 2.01. The average molecular weight is 314 g/mol. The van der Waals surface area contributed by atoms with Crippen molar-refractivity contribution in [2.75, 3.05) is 18.8 Å². The summed E-state index contributed by atoms with van der Waals surface area (Å²) in [5, 5.41) is 2.71. The van der Waals surface area contributed by atoms with Gasteiger partial charge in [0, 0.05) is 18.0 Å². The maximum absolute atomic E-state index is 13.1. The molecule has 0 saturated carbocycles. The molecule has 1 fully saturated rings. The zero-order valence-corrected chi connectivity index (χ0v) is 12.6. The first-order valence-corrected chi connectivity index (χ1v) is 7.47. The highest BCUT2D eigenvalue weighted by molar-refractivity contribution is 8.00. The Hall–Kier alpha value is -1.63. The highest BCUT2D eigenvalue weighted by Gasteiger charge is 2.40. The predicted molar refractivity (Wildman–Crippen MR) is 75.9 cm³/mol. The number of thioether (sulfide) groups is 1. The summed E-state index contributed by atoms with van der Waals surface area (Å²) < 4.78 is 25.9. The minimum atomic E-state index is -0.940. The number of carbonyl (C=O) groups is 2. The van der Waals surface area contributed by atoms with E-state index < -0.39 is 17.2 Å². The minimum Gasteiger partial charge on any atom is -0.352 e. The standard InChI is InChI=1S/C14H16F2N2O2S/c1-14(2)13(20)17-5-6-18(14)12(19)8-21-9-3-4-10(15)11(16)7-9/h3-4,7H,5-6,8H2,1-2H3,(H,17,20). The molecule has 114 valence electrons. The molecule has 0 spiro atoms. The van der Waals surface area contributed by atoms with Gasteiger partial charge in [0.2, 0.25) is 11.8 Å². The van der Waals surface area contributed by atoms with Crippen molar-refractivity contribution in [3.05, 3.63) is 29.8 Å². The molecule has 7 heteroatoms. The van der Waals surface area contributed by atoms with E-state index in [1.165, 1.54) is 11.0 Å². The van der Waals surface area contributed by atoms with Gasteiger partial charge in [-0.05, 0) is 32.0 Å². The molecule has 1 saturated heterocycles. The Labute approximate surface area is 125 Å². The number of nitrogens with zero attached hydrogens (tertiary/aromatic N) is 1. The SMILES string of the molecule is CC1(C)C(=O)NCCN1C(=O)CSc1ccc(F)c(F)c1. The Bertz CT molecular complexity index is 578. The molecular formula is C14H16F2N2O2S. The van der Waals surface area contributed by atoms with Gasteiger partial charge in [-0.2, -0.15) is 0 Å². The van der Waals surface area contributed by atoms with Crippen LogP contribution < -0.4 is 5.32 Å². The summed E-state index contributed by atoms with van der Waals surface area (Å²) in [6.45, 7) is 4.23. The molecule has 0 aliphatic carbocycles. The van der Waals surface area contributed by atoms with E-state index in [2.05, 4.69) is 5.32 Å². The average Bonchev–Trinajstić information content (AvgIpc) is 2.43. The largest absolute Gasteiger partial charge is 0.352 e. The summed E-state index contributed by atoms with van der Waals surface area (Å²) in [6, 6.07) is 3.51. The van der Waals surface area contributed by atoms with Gasteiger partial charge < -0.3 is 10.2 Å². The number of hydrogen-bond donors (Lipinski definition) is 1. The Morgan fingerprint density at radius 1 is 1.38 bits per heavy atom. The summed E-state index contributed by atoms with van der Waals surface area (Å²) in [5.41, 5.74) is -0.899. The molecule has 2 rings (SSSR count). The van der Waals surface area contributed by atoms with Crippen molar-refractivity contribution in [3.8, 4) is 0 Å². The number of amides is 2. The molecule has 1 aromatic rings. The number of benzene rings is 1. The van der Waals surface area contributed by atoms with Crippen LogP contribution in [-0.4, -0.2) is 41.1 Å². The van der Waals surface area contributed by atoms with E-state index in [0.717, 1.165) is 23.9 Å². The first-order valence-electron chi connectivity index (χ1n) is 6.49. The number of rotatable bonds is 3. The first kappa shape index (κ1) is 15.8. The van der Waals surface area contributed by atoms with Crippen LogP contribution in [0.3, 0.4) is 0 Å². The van der Waals surface area contributed by atoms with Crippen LogP contribution in [0, 0.1) is 11.6 Å². The molecule has 0 unspecified atom stereocenters. The Morgan fingerprint density at radius 2 is 2.10 bits per heavy atom. The quantitative estimate of drug-likeness (QED) is 0.866. The smallest absolute Gasteiger partial charge is 0.245 e. The maximum Gasteiger partial charge on any atom is 0.245 e. The molecule has 21 heavy (non-hydrogen) atoms. The number of carbonyl (C=O) groups excluding carboxylic acids is 2. The summed E-state index contributed by atoms with van der Waals surface area (Å²) in [7, 11) is 0.